The van der Waals surface area contributed by atoms with Gasteiger partial charge >= 0.3 is 0 Å². The van der Waals surface area contributed by atoms with Crippen LogP contribution in [0.2, 0.25) is 0 Å². The Morgan fingerprint density at radius 3 is 2.44 bits per heavy atom. The predicted octanol–water partition coefficient (Wildman–Crippen LogP) is 5.01. The summed E-state index contributed by atoms with van der Waals surface area (Å²) >= 11 is 0. The molecule has 3 aromatic rings. The molecule has 0 bridgehead atoms. The summed E-state index contributed by atoms with van der Waals surface area (Å²) in [6.07, 6.45) is 5.25. The molecule has 2 heterocycles. The SMILES string of the molecule is COc1cc2c(cc1OC)C(Cc1cccc3ccccc13)N(C(=O)CN1CCCCC1)CC2. The molecule has 0 aromatic heterocycles. The third-order valence-electron chi connectivity index (χ3n) is 7.42. The largest absolute Gasteiger partial charge is 0.493 e. The van der Waals surface area contributed by atoms with Gasteiger partial charge in [-0.25, -0.2) is 0 Å². The Kier molecular flexibility index (Phi) is 6.73. The van der Waals surface area contributed by atoms with Crippen LogP contribution in [0.3, 0.4) is 0 Å². The first-order chi connectivity index (χ1) is 16.7. The highest BCUT2D eigenvalue weighted by Crippen LogP contribution is 2.40. The first-order valence-electron chi connectivity index (χ1n) is 12.4. The van der Waals surface area contributed by atoms with E-state index in [0.717, 1.165) is 44.0 Å². The molecule has 1 amide bonds. The third kappa shape index (κ3) is 4.49. The van der Waals surface area contributed by atoms with Gasteiger partial charge in [0.1, 0.15) is 0 Å². The summed E-state index contributed by atoms with van der Waals surface area (Å²) in [4.78, 5) is 18.1. The van der Waals surface area contributed by atoms with Crippen LogP contribution in [0.4, 0.5) is 0 Å². The molecule has 1 atom stereocenters. The number of hydrogen-bond donors (Lipinski definition) is 0. The van der Waals surface area contributed by atoms with Crippen molar-refractivity contribution in [1.29, 1.82) is 0 Å². The fourth-order valence-electron chi connectivity index (χ4n) is 5.63. The second-order valence-electron chi connectivity index (χ2n) is 9.44. The number of carbonyl (C=O) groups excluding carboxylic acids is 1. The fourth-order valence-corrected chi connectivity index (χ4v) is 5.63. The number of likely N-dealkylation sites (tertiary alicyclic amines) is 1. The van der Waals surface area contributed by atoms with Crippen molar-refractivity contribution in [2.45, 2.75) is 38.1 Å². The minimum atomic E-state index is -0.0355. The minimum absolute atomic E-state index is 0.0355. The maximum Gasteiger partial charge on any atom is 0.237 e. The highest BCUT2D eigenvalue weighted by atomic mass is 16.5. The van der Waals surface area contributed by atoms with Gasteiger partial charge in [-0.2, -0.15) is 0 Å². The van der Waals surface area contributed by atoms with E-state index >= 15 is 0 Å². The van der Waals surface area contributed by atoms with Crippen LogP contribution in [0.1, 0.15) is 42.0 Å². The van der Waals surface area contributed by atoms with Crippen molar-refractivity contribution in [3.63, 3.8) is 0 Å². The van der Waals surface area contributed by atoms with E-state index in [1.807, 2.05) is 0 Å². The molecule has 2 aliphatic heterocycles. The van der Waals surface area contributed by atoms with Gasteiger partial charge < -0.3 is 14.4 Å². The molecule has 0 N–H and O–H groups in total. The normalized spacial score (nSPS) is 18.5. The van der Waals surface area contributed by atoms with Crippen LogP contribution < -0.4 is 9.47 Å². The zero-order valence-corrected chi connectivity index (χ0v) is 20.3. The lowest BCUT2D eigenvalue weighted by molar-refractivity contribution is -0.135. The summed E-state index contributed by atoms with van der Waals surface area (Å²) in [5.74, 6) is 1.69. The molecule has 2 aliphatic rings. The number of benzene rings is 3. The summed E-state index contributed by atoms with van der Waals surface area (Å²) in [6.45, 7) is 3.28. The van der Waals surface area contributed by atoms with E-state index in [1.165, 1.54) is 46.7 Å². The molecule has 178 valence electrons. The molecule has 1 unspecified atom stereocenters. The summed E-state index contributed by atoms with van der Waals surface area (Å²) in [5.41, 5.74) is 3.68. The Balaban J connectivity index is 1.53. The smallest absolute Gasteiger partial charge is 0.237 e. The first kappa shape index (κ1) is 22.7. The Labute approximate surface area is 202 Å². The minimum Gasteiger partial charge on any atom is -0.493 e. The number of hydrogen-bond acceptors (Lipinski definition) is 4. The number of nitrogens with zero attached hydrogens (tertiary/aromatic N) is 2. The van der Waals surface area contributed by atoms with Crippen molar-refractivity contribution in [3.8, 4) is 11.5 Å². The zero-order valence-electron chi connectivity index (χ0n) is 20.3. The summed E-state index contributed by atoms with van der Waals surface area (Å²) in [5, 5.41) is 2.48. The van der Waals surface area contributed by atoms with Gasteiger partial charge in [0.25, 0.3) is 0 Å². The second kappa shape index (κ2) is 10.1. The van der Waals surface area contributed by atoms with Crippen molar-refractivity contribution >= 4 is 16.7 Å². The van der Waals surface area contributed by atoms with Crippen LogP contribution in [0, 0.1) is 0 Å². The van der Waals surface area contributed by atoms with E-state index in [1.54, 1.807) is 14.2 Å². The van der Waals surface area contributed by atoms with Gasteiger partial charge in [-0.05, 0) is 78.4 Å². The number of amides is 1. The molecule has 3 aromatic carbocycles. The predicted molar refractivity (Wildman–Crippen MR) is 136 cm³/mol. The van der Waals surface area contributed by atoms with Gasteiger partial charge in [-0.15, -0.1) is 0 Å². The highest BCUT2D eigenvalue weighted by molar-refractivity contribution is 5.86. The lowest BCUT2D eigenvalue weighted by Gasteiger charge is -2.39. The van der Waals surface area contributed by atoms with E-state index in [9.17, 15) is 4.79 Å². The summed E-state index contributed by atoms with van der Waals surface area (Å²) < 4.78 is 11.2. The van der Waals surface area contributed by atoms with Crippen molar-refractivity contribution in [2.24, 2.45) is 0 Å². The van der Waals surface area contributed by atoms with Crippen molar-refractivity contribution in [2.75, 3.05) is 40.4 Å². The molecular weight excluding hydrogens is 424 g/mol. The van der Waals surface area contributed by atoms with Gasteiger partial charge in [0.15, 0.2) is 11.5 Å². The number of carbonyl (C=O) groups is 1. The zero-order chi connectivity index (χ0) is 23.5. The van der Waals surface area contributed by atoms with E-state index in [-0.39, 0.29) is 11.9 Å². The van der Waals surface area contributed by atoms with E-state index in [0.29, 0.717) is 6.54 Å². The number of rotatable bonds is 6. The first-order valence-corrected chi connectivity index (χ1v) is 12.4. The van der Waals surface area contributed by atoms with Crippen LogP contribution >= 0.6 is 0 Å². The highest BCUT2D eigenvalue weighted by Gasteiger charge is 2.33. The van der Waals surface area contributed by atoms with Gasteiger partial charge in [0.2, 0.25) is 5.91 Å². The Bertz CT molecular complexity index is 1160. The van der Waals surface area contributed by atoms with Crippen LogP contribution in [-0.2, 0) is 17.6 Å². The standard InChI is InChI=1S/C29H34N2O3/c1-33-27-18-23-13-16-31(29(32)20-30-14-6-3-7-15-30)26(25(23)19-28(27)34-2)17-22-11-8-10-21-9-4-5-12-24(21)22/h4-5,8-12,18-19,26H,3,6-7,13-17,20H2,1-2H3. The van der Waals surface area contributed by atoms with Crippen molar-refractivity contribution < 1.29 is 14.3 Å². The van der Waals surface area contributed by atoms with Crippen LogP contribution in [-0.4, -0.2) is 56.1 Å². The molecule has 34 heavy (non-hydrogen) atoms. The molecule has 5 rings (SSSR count). The number of methoxy groups -OCH3 is 2. The lowest BCUT2D eigenvalue weighted by atomic mass is 9.87. The molecule has 0 spiro atoms. The summed E-state index contributed by atoms with van der Waals surface area (Å²) in [6, 6.07) is 19.1. The quantitative estimate of drug-likeness (QED) is 0.521. The van der Waals surface area contributed by atoms with Gasteiger partial charge in [0.05, 0.1) is 26.8 Å². The number of ether oxygens (including phenoxy) is 2. The lowest BCUT2D eigenvalue weighted by Crippen LogP contribution is -2.46. The van der Waals surface area contributed by atoms with Crippen molar-refractivity contribution in [1.82, 2.24) is 9.80 Å². The van der Waals surface area contributed by atoms with Crippen LogP contribution in [0.5, 0.6) is 11.5 Å². The van der Waals surface area contributed by atoms with Gasteiger partial charge in [-0.1, -0.05) is 48.9 Å². The Hall–Kier alpha value is -3.05. The Morgan fingerprint density at radius 2 is 1.65 bits per heavy atom. The maximum atomic E-state index is 13.6. The monoisotopic (exact) mass is 458 g/mol. The van der Waals surface area contributed by atoms with Gasteiger partial charge in [-0.3, -0.25) is 9.69 Å². The molecule has 0 aliphatic carbocycles. The van der Waals surface area contributed by atoms with Crippen LogP contribution in [0.25, 0.3) is 10.8 Å². The Morgan fingerprint density at radius 1 is 0.912 bits per heavy atom. The number of piperidine rings is 1. The van der Waals surface area contributed by atoms with E-state index < -0.39 is 0 Å². The molecule has 0 saturated carbocycles. The van der Waals surface area contributed by atoms with Gasteiger partial charge in [0, 0.05) is 6.54 Å². The average molecular weight is 459 g/mol. The molecular formula is C29H34N2O3. The molecule has 5 nitrogen and oxygen atoms in total. The van der Waals surface area contributed by atoms with E-state index in [2.05, 4.69) is 64.4 Å². The molecule has 5 heteroatoms. The van der Waals surface area contributed by atoms with Crippen molar-refractivity contribution in [3.05, 3.63) is 71.3 Å². The van der Waals surface area contributed by atoms with E-state index in [4.69, 9.17) is 9.47 Å². The molecule has 0 radical (unpaired) electrons. The number of fused-ring (bicyclic) bond motifs is 2. The summed E-state index contributed by atoms with van der Waals surface area (Å²) in [7, 11) is 3.35. The maximum absolute atomic E-state index is 13.6. The van der Waals surface area contributed by atoms with Crippen LogP contribution in [0.15, 0.2) is 54.6 Å². The molecule has 1 fully saturated rings. The average Bonchev–Trinajstić information content (AvgIpc) is 2.88. The second-order valence-corrected chi connectivity index (χ2v) is 9.44. The molecule has 1 saturated heterocycles. The third-order valence-corrected chi connectivity index (χ3v) is 7.42. The topological polar surface area (TPSA) is 42.0 Å². The fraction of sp³-hybridized carbons (Fsp3) is 0.414.